The first-order chi connectivity index (χ1) is 9.45. The summed E-state index contributed by atoms with van der Waals surface area (Å²) in [6.45, 7) is 2.82. The molecule has 1 aromatic carbocycles. The van der Waals surface area contributed by atoms with Crippen molar-refractivity contribution in [2.24, 2.45) is 5.73 Å². The highest BCUT2D eigenvalue weighted by atomic mass is 32.2. The summed E-state index contributed by atoms with van der Waals surface area (Å²) < 4.78 is 28.1. The van der Waals surface area contributed by atoms with Crippen molar-refractivity contribution >= 4 is 10.2 Å². The van der Waals surface area contributed by atoms with E-state index in [1.165, 1.54) is 9.87 Å². The molecule has 0 bridgehead atoms. The predicted octanol–water partition coefficient (Wildman–Crippen LogP) is 1.12. The minimum Gasteiger partial charge on any atom is -0.330 e. The average molecular weight is 299 g/mol. The lowest BCUT2D eigenvalue weighted by atomic mass is 10.1. The Balaban J connectivity index is 2.42. The molecular formula is C14H25N3O2S. The summed E-state index contributed by atoms with van der Waals surface area (Å²) in [5.74, 6) is 0. The highest BCUT2D eigenvalue weighted by molar-refractivity contribution is 7.87. The Morgan fingerprint density at radius 1 is 1.30 bits per heavy atom. The molecule has 0 aliphatic heterocycles. The van der Waals surface area contributed by atoms with Gasteiger partial charge in [-0.2, -0.15) is 17.4 Å². The molecule has 1 aromatic rings. The zero-order valence-electron chi connectivity index (χ0n) is 12.2. The quantitative estimate of drug-likeness (QED) is 0.717. The highest BCUT2D eigenvalue weighted by Gasteiger charge is 2.19. The van der Waals surface area contributed by atoms with Crippen LogP contribution in [0.1, 0.15) is 25.3 Å². The number of hydrogen-bond acceptors (Lipinski definition) is 3. The SMILES string of the molecule is CC(CCc1ccccc1)NS(=O)(=O)N(C)CCCN. The van der Waals surface area contributed by atoms with E-state index in [0.717, 1.165) is 12.8 Å². The summed E-state index contributed by atoms with van der Waals surface area (Å²) in [6.07, 6.45) is 2.29. The highest BCUT2D eigenvalue weighted by Crippen LogP contribution is 2.06. The molecule has 0 saturated heterocycles. The van der Waals surface area contributed by atoms with Gasteiger partial charge in [0.1, 0.15) is 0 Å². The van der Waals surface area contributed by atoms with Crippen LogP contribution in [-0.4, -0.2) is 38.9 Å². The Morgan fingerprint density at radius 2 is 1.95 bits per heavy atom. The van der Waals surface area contributed by atoms with Gasteiger partial charge in [-0.3, -0.25) is 0 Å². The van der Waals surface area contributed by atoms with E-state index in [2.05, 4.69) is 16.9 Å². The standard InChI is InChI=1S/C14H25N3O2S/c1-13(9-10-14-7-4-3-5-8-14)16-20(18,19)17(2)12-6-11-15/h3-5,7-8,13,16H,6,9-12,15H2,1-2H3. The summed E-state index contributed by atoms with van der Waals surface area (Å²) in [7, 11) is -1.84. The number of benzene rings is 1. The fraction of sp³-hybridized carbons (Fsp3) is 0.571. The van der Waals surface area contributed by atoms with E-state index in [9.17, 15) is 8.42 Å². The van der Waals surface area contributed by atoms with Gasteiger partial charge in [-0.1, -0.05) is 30.3 Å². The lowest BCUT2D eigenvalue weighted by molar-refractivity contribution is 0.441. The first-order valence-electron chi connectivity index (χ1n) is 6.93. The molecule has 0 aliphatic rings. The van der Waals surface area contributed by atoms with Crippen molar-refractivity contribution in [2.75, 3.05) is 20.1 Å². The Morgan fingerprint density at radius 3 is 2.55 bits per heavy atom. The molecule has 114 valence electrons. The molecule has 0 saturated carbocycles. The molecule has 1 unspecified atom stereocenters. The molecule has 0 aliphatic carbocycles. The van der Waals surface area contributed by atoms with E-state index in [-0.39, 0.29) is 6.04 Å². The van der Waals surface area contributed by atoms with Crippen LogP contribution in [0.15, 0.2) is 30.3 Å². The van der Waals surface area contributed by atoms with Crippen LogP contribution in [0.2, 0.25) is 0 Å². The third-order valence-electron chi connectivity index (χ3n) is 3.15. The Labute approximate surface area is 122 Å². The van der Waals surface area contributed by atoms with Crippen LogP contribution in [0.25, 0.3) is 0 Å². The molecular weight excluding hydrogens is 274 g/mol. The fourth-order valence-corrected chi connectivity index (χ4v) is 3.04. The maximum Gasteiger partial charge on any atom is 0.279 e. The summed E-state index contributed by atoms with van der Waals surface area (Å²) in [5, 5.41) is 0. The van der Waals surface area contributed by atoms with E-state index >= 15 is 0 Å². The minimum atomic E-state index is -3.41. The smallest absolute Gasteiger partial charge is 0.279 e. The molecule has 0 fully saturated rings. The van der Waals surface area contributed by atoms with Crippen LogP contribution in [0.3, 0.4) is 0 Å². The van der Waals surface area contributed by atoms with Gasteiger partial charge in [0.15, 0.2) is 0 Å². The van der Waals surface area contributed by atoms with Crippen molar-refractivity contribution in [1.82, 2.24) is 9.03 Å². The Bertz CT molecular complexity index is 476. The maximum atomic E-state index is 12.0. The normalized spacial score (nSPS) is 13.6. The van der Waals surface area contributed by atoms with E-state index in [0.29, 0.717) is 19.5 Å². The van der Waals surface area contributed by atoms with Crippen LogP contribution >= 0.6 is 0 Å². The fourth-order valence-electron chi connectivity index (χ4n) is 1.87. The molecule has 0 spiro atoms. The number of nitrogens with zero attached hydrogens (tertiary/aromatic N) is 1. The van der Waals surface area contributed by atoms with Crippen LogP contribution < -0.4 is 10.5 Å². The van der Waals surface area contributed by atoms with E-state index in [1.807, 2.05) is 25.1 Å². The first-order valence-corrected chi connectivity index (χ1v) is 8.37. The van der Waals surface area contributed by atoms with Crippen molar-refractivity contribution in [2.45, 2.75) is 32.2 Å². The van der Waals surface area contributed by atoms with Gasteiger partial charge < -0.3 is 5.73 Å². The van der Waals surface area contributed by atoms with Gasteiger partial charge in [0, 0.05) is 19.6 Å². The second-order valence-electron chi connectivity index (χ2n) is 5.01. The molecule has 0 radical (unpaired) electrons. The number of hydrogen-bond donors (Lipinski definition) is 2. The molecule has 0 aromatic heterocycles. The van der Waals surface area contributed by atoms with Gasteiger partial charge in [0.05, 0.1) is 0 Å². The van der Waals surface area contributed by atoms with Gasteiger partial charge in [-0.15, -0.1) is 0 Å². The first kappa shape index (κ1) is 17.1. The Hall–Kier alpha value is -0.950. The van der Waals surface area contributed by atoms with Gasteiger partial charge in [0.25, 0.3) is 10.2 Å². The molecule has 6 heteroatoms. The van der Waals surface area contributed by atoms with Gasteiger partial charge in [0.2, 0.25) is 0 Å². The van der Waals surface area contributed by atoms with Gasteiger partial charge in [-0.05, 0) is 38.3 Å². The summed E-state index contributed by atoms with van der Waals surface area (Å²) in [6, 6.07) is 9.96. The van der Waals surface area contributed by atoms with Gasteiger partial charge >= 0.3 is 0 Å². The van der Waals surface area contributed by atoms with Crippen molar-refractivity contribution in [1.29, 1.82) is 0 Å². The molecule has 0 heterocycles. The van der Waals surface area contributed by atoms with Crippen LogP contribution in [0, 0.1) is 0 Å². The van der Waals surface area contributed by atoms with Crippen LogP contribution in [-0.2, 0) is 16.6 Å². The average Bonchev–Trinajstić information content (AvgIpc) is 2.43. The largest absolute Gasteiger partial charge is 0.330 e. The third kappa shape index (κ3) is 6.00. The summed E-state index contributed by atoms with van der Waals surface area (Å²) in [5.41, 5.74) is 6.61. The Kier molecular flexibility index (Phi) is 7.15. The zero-order valence-corrected chi connectivity index (χ0v) is 13.1. The lowest BCUT2D eigenvalue weighted by Gasteiger charge is -2.21. The molecule has 20 heavy (non-hydrogen) atoms. The number of nitrogens with one attached hydrogen (secondary N) is 1. The second kappa shape index (κ2) is 8.36. The van der Waals surface area contributed by atoms with E-state index < -0.39 is 10.2 Å². The molecule has 3 N–H and O–H groups in total. The molecule has 0 amide bonds. The third-order valence-corrected chi connectivity index (χ3v) is 4.85. The maximum absolute atomic E-state index is 12.0. The lowest BCUT2D eigenvalue weighted by Crippen LogP contribution is -2.43. The molecule has 5 nitrogen and oxygen atoms in total. The minimum absolute atomic E-state index is 0.0967. The van der Waals surface area contributed by atoms with Gasteiger partial charge in [-0.25, -0.2) is 0 Å². The number of aryl methyl sites for hydroxylation is 1. The topological polar surface area (TPSA) is 75.4 Å². The van der Waals surface area contributed by atoms with Crippen LogP contribution in [0.5, 0.6) is 0 Å². The van der Waals surface area contributed by atoms with Crippen molar-refractivity contribution < 1.29 is 8.42 Å². The van der Waals surface area contributed by atoms with E-state index in [4.69, 9.17) is 5.73 Å². The number of nitrogens with two attached hydrogens (primary N) is 1. The zero-order chi connectivity index (χ0) is 15.0. The monoisotopic (exact) mass is 299 g/mol. The van der Waals surface area contributed by atoms with Crippen molar-refractivity contribution in [3.63, 3.8) is 0 Å². The second-order valence-corrected chi connectivity index (χ2v) is 6.82. The number of rotatable bonds is 9. The summed E-state index contributed by atoms with van der Waals surface area (Å²) in [4.78, 5) is 0. The molecule has 1 atom stereocenters. The van der Waals surface area contributed by atoms with Crippen LogP contribution in [0.4, 0.5) is 0 Å². The summed E-state index contributed by atoms with van der Waals surface area (Å²) >= 11 is 0. The molecule has 1 rings (SSSR count). The van der Waals surface area contributed by atoms with Crippen molar-refractivity contribution in [3.8, 4) is 0 Å². The van der Waals surface area contributed by atoms with E-state index in [1.54, 1.807) is 7.05 Å². The van der Waals surface area contributed by atoms with Crippen molar-refractivity contribution in [3.05, 3.63) is 35.9 Å². The predicted molar refractivity (Wildman–Crippen MR) is 82.6 cm³/mol.